The molecular formula is C5H10N2O3S. The van der Waals surface area contributed by atoms with Gasteiger partial charge in [-0.15, -0.1) is 4.91 Å². The molecule has 0 radical (unpaired) electrons. The van der Waals surface area contributed by atoms with Crippen LogP contribution in [-0.4, -0.2) is 21.9 Å². The van der Waals surface area contributed by atoms with Crippen LogP contribution in [0.3, 0.4) is 0 Å². The lowest BCUT2D eigenvalue weighted by Gasteiger charge is -2.23. The fraction of sp³-hybridized carbons (Fsp3) is 0.800. The quantitative estimate of drug-likeness (QED) is 0.374. The minimum absolute atomic E-state index is 0.634. The van der Waals surface area contributed by atoms with Gasteiger partial charge in [-0.2, -0.15) is 0 Å². The Morgan fingerprint density at radius 3 is 2.45 bits per heavy atom. The molecule has 0 amide bonds. The van der Waals surface area contributed by atoms with Crippen LogP contribution in [0.15, 0.2) is 4.58 Å². The van der Waals surface area contributed by atoms with Crippen molar-refractivity contribution in [2.24, 2.45) is 10.3 Å². The van der Waals surface area contributed by atoms with Crippen molar-refractivity contribution in [2.45, 2.75) is 24.6 Å². The molecule has 0 aliphatic carbocycles. The van der Waals surface area contributed by atoms with Crippen molar-refractivity contribution in [2.75, 3.05) is 0 Å². The normalized spacial score (nSPS) is 14.1. The van der Waals surface area contributed by atoms with E-state index in [2.05, 4.69) is 4.58 Å². The average molecular weight is 179 g/mol. The van der Waals surface area contributed by atoms with E-state index in [4.69, 9.17) is 10.8 Å². The Morgan fingerprint density at radius 1 is 1.73 bits per heavy atom. The first kappa shape index (κ1) is 10.4. The molecule has 0 saturated heterocycles. The van der Waals surface area contributed by atoms with Gasteiger partial charge in [-0.3, -0.25) is 4.79 Å². The molecule has 0 aromatic rings. The lowest BCUT2D eigenvalue weighted by molar-refractivity contribution is -0.139. The highest BCUT2D eigenvalue weighted by atomic mass is 32.2. The van der Waals surface area contributed by atoms with Crippen LogP contribution in [0, 0.1) is 4.91 Å². The van der Waals surface area contributed by atoms with Gasteiger partial charge in [0, 0.05) is 16.5 Å². The van der Waals surface area contributed by atoms with Crippen LogP contribution < -0.4 is 5.73 Å². The van der Waals surface area contributed by atoms with Crippen LogP contribution >= 0.6 is 11.9 Å². The van der Waals surface area contributed by atoms with E-state index in [9.17, 15) is 9.70 Å². The Hall–Kier alpha value is -0.620. The highest BCUT2D eigenvalue weighted by molar-refractivity contribution is 7.99. The van der Waals surface area contributed by atoms with Crippen molar-refractivity contribution >= 4 is 17.9 Å². The summed E-state index contributed by atoms with van der Waals surface area (Å²) in [6, 6.07) is -1.08. The number of nitrogens with two attached hydrogens (primary N) is 1. The monoisotopic (exact) mass is 179 g/mol. The van der Waals surface area contributed by atoms with Gasteiger partial charge in [0.25, 0.3) is 0 Å². The molecule has 0 rings (SSSR count). The Kier molecular flexibility index (Phi) is 3.47. The Bertz CT molecular complexity index is 171. The van der Waals surface area contributed by atoms with Crippen molar-refractivity contribution in [3.05, 3.63) is 4.91 Å². The van der Waals surface area contributed by atoms with Gasteiger partial charge < -0.3 is 10.8 Å². The standard InChI is InChI=1S/C5H10N2O3S/c1-5(2,11-7-10)3(6)4(8)9/h3H,6H2,1-2H3,(H,8,9)/t3-/m0/s1/i7+1. The number of rotatable bonds is 4. The number of carboxylic acids is 1. The van der Waals surface area contributed by atoms with Crippen molar-refractivity contribution in [3.8, 4) is 0 Å². The number of hydrogen-bond donors (Lipinski definition) is 2. The lowest BCUT2D eigenvalue weighted by Crippen LogP contribution is -2.46. The van der Waals surface area contributed by atoms with E-state index in [1.165, 1.54) is 0 Å². The fourth-order valence-electron chi connectivity index (χ4n) is 0.450. The molecule has 0 spiro atoms. The summed E-state index contributed by atoms with van der Waals surface area (Å²) in [5.74, 6) is -1.13. The zero-order chi connectivity index (χ0) is 9.07. The van der Waals surface area contributed by atoms with Crippen molar-refractivity contribution in [1.82, 2.24) is 0 Å². The first-order chi connectivity index (χ1) is 4.91. The summed E-state index contributed by atoms with van der Waals surface area (Å²) in [7, 11) is 0. The van der Waals surface area contributed by atoms with E-state index < -0.39 is 16.8 Å². The Balaban J connectivity index is 4.27. The molecule has 5 nitrogen and oxygen atoms in total. The van der Waals surface area contributed by atoms with Crippen molar-refractivity contribution in [3.63, 3.8) is 0 Å². The molecule has 0 aliphatic rings. The van der Waals surface area contributed by atoms with E-state index in [-0.39, 0.29) is 0 Å². The third-order valence-electron chi connectivity index (χ3n) is 1.29. The van der Waals surface area contributed by atoms with Gasteiger partial charge >= 0.3 is 5.97 Å². The van der Waals surface area contributed by atoms with Crippen molar-refractivity contribution in [1.29, 1.82) is 0 Å². The van der Waals surface area contributed by atoms with Crippen LogP contribution in [0.1, 0.15) is 13.8 Å². The van der Waals surface area contributed by atoms with Crippen LogP contribution in [0.2, 0.25) is 0 Å². The largest absolute Gasteiger partial charge is 0.480 e. The van der Waals surface area contributed by atoms with Crippen LogP contribution in [0.25, 0.3) is 0 Å². The molecule has 0 heterocycles. The average Bonchev–Trinajstić information content (AvgIpc) is 1.86. The maximum absolute atomic E-state index is 10.3. The second-order valence-electron chi connectivity index (χ2n) is 2.59. The summed E-state index contributed by atoms with van der Waals surface area (Å²) in [6.07, 6.45) is 0. The number of carbonyl (C=O) groups is 1. The molecule has 1 atom stereocenters. The molecule has 0 aliphatic heterocycles. The van der Waals surface area contributed by atoms with Gasteiger partial charge in [0.2, 0.25) is 0 Å². The fourth-order valence-corrected chi connectivity index (χ4v) is 0.857. The summed E-state index contributed by atoms with van der Waals surface area (Å²) in [5.41, 5.74) is 5.26. The van der Waals surface area contributed by atoms with Gasteiger partial charge in [0.15, 0.2) is 0 Å². The highest BCUT2D eigenvalue weighted by Crippen LogP contribution is 2.27. The zero-order valence-electron chi connectivity index (χ0n) is 6.27. The topological polar surface area (TPSA) is 92.8 Å². The molecule has 3 N–H and O–H groups in total. The Labute approximate surface area is 68.4 Å². The first-order valence-electron chi connectivity index (χ1n) is 2.91. The van der Waals surface area contributed by atoms with E-state index in [1.807, 2.05) is 0 Å². The minimum atomic E-state index is -1.13. The molecule has 11 heavy (non-hydrogen) atoms. The molecule has 0 fully saturated rings. The van der Waals surface area contributed by atoms with Crippen LogP contribution in [-0.2, 0) is 4.79 Å². The second-order valence-corrected chi connectivity index (χ2v) is 3.97. The third kappa shape index (κ3) is 2.85. The predicted molar refractivity (Wildman–Crippen MR) is 43.1 cm³/mol. The highest BCUT2D eigenvalue weighted by Gasteiger charge is 2.33. The Morgan fingerprint density at radius 2 is 2.18 bits per heavy atom. The smallest absolute Gasteiger partial charge is 0.321 e. The maximum atomic E-state index is 10.3. The summed E-state index contributed by atoms with van der Waals surface area (Å²) >= 11 is 0.634. The van der Waals surface area contributed by atoms with E-state index in [0.29, 0.717) is 11.9 Å². The predicted octanol–water partition coefficient (Wildman–Crippen LogP) is 0.592. The zero-order valence-corrected chi connectivity index (χ0v) is 7.09. The minimum Gasteiger partial charge on any atom is -0.480 e. The summed E-state index contributed by atoms with van der Waals surface area (Å²) < 4.78 is 1.68. The molecule has 6 heteroatoms. The number of nitrogens with zero attached hydrogens (tertiary/aromatic N) is 1. The van der Waals surface area contributed by atoms with Crippen molar-refractivity contribution < 1.29 is 9.90 Å². The van der Waals surface area contributed by atoms with Gasteiger partial charge in [-0.1, -0.05) is 0 Å². The summed E-state index contributed by atoms with van der Waals surface area (Å²) in [6.45, 7) is 3.11. The van der Waals surface area contributed by atoms with Gasteiger partial charge in [-0.25, -0.2) is 0 Å². The maximum Gasteiger partial charge on any atom is 0.321 e. The van der Waals surface area contributed by atoms with E-state index >= 15 is 0 Å². The molecule has 0 saturated carbocycles. The van der Waals surface area contributed by atoms with Gasteiger partial charge in [0.05, 0.1) is 4.75 Å². The molecule has 64 valence electrons. The first-order valence-corrected chi connectivity index (χ1v) is 3.68. The van der Waals surface area contributed by atoms with E-state index in [1.54, 1.807) is 13.8 Å². The molecule has 0 aromatic carbocycles. The molecule has 0 bridgehead atoms. The molecule has 0 unspecified atom stereocenters. The van der Waals surface area contributed by atoms with E-state index in [0.717, 1.165) is 0 Å². The second kappa shape index (κ2) is 3.68. The number of nitroso groups, excluding NO2 is 1. The van der Waals surface area contributed by atoms with Gasteiger partial charge in [0.1, 0.15) is 6.04 Å². The number of hydrogen-bond acceptors (Lipinski definition) is 5. The SMILES string of the molecule is CC(C)(S[15N]=O)[C@@H](N)C(=O)O. The van der Waals surface area contributed by atoms with Crippen LogP contribution in [0.5, 0.6) is 0 Å². The van der Waals surface area contributed by atoms with Crippen LogP contribution in [0.4, 0.5) is 0 Å². The van der Waals surface area contributed by atoms with Gasteiger partial charge in [-0.05, 0) is 13.8 Å². The summed E-state index contributed by atoms with van der Waals surface area (Å²) in [4.78, 5) is 20.2. The summed E-state index contributed by atoms with van der Waals surface area (Å²) in [5, 5.41) is 8.46. The third-order valence-corrected chi connectivity index (χ3v) is 2.09. The molecule has 0 aromatic heterocycles. The molecular weight excluding hydrogens is 169 g/mol. The number of aliphatic carboxylic acids is 1. The lowest BCUT2D eigenvalue weighted by atomic mass is 10.1. The number of carboxylic acid groups (broad SMARTS) is 1.